The van der Waals surface area contributed by atoms with Gasteiger partial charge in [-0.1, -0.05) is 54.1 Å². The molecule has 7 nitrogen and oxygen atoms in total. The van der Waals surface area contributed by atoms with E-state index in [2.05, 4.69) is 15.6 Å². The molecule has 1 amide bonds. The van der Waals surface area contributed by atoms with Gasteiger partial charge in [0, 0.05) is 29.7 Å². The average Bonchev–Trinajstić information content (AvgIpc) is 3.30. The number of carbonyl (C=O) groups is 1. The van der Waals surface area contributed by atoms with Crippen LogP contribution in [0, 0.1) is 0 Å². The van der Waals surface area contributed by atoms with Crippen molar-refractivity contribution in [2.45, 2.75) is 18.5 Å². The highest BCUT2D eigenvalue weighted by Gasteiger charge is 2.26. The summed E-state index contributed by atoms with van der Waals surface area (Å²) in [6.45, 7) is 1.50. The molecule has 1 aliphatic rings. The fraction of sp³-hybridized carbons (Fsp3) is 0.154. The third kappa shape index (κ3) is 4.86. The first-order valence-corrected chi connectivity index (χ1v) is 12.4. The lowest BCUT2D eigenvalue weighted by molar-refractivity contribution is -0.119. The molecule has 1 aromatic heterocycles. The van der Waals surface area contributed by atoms with Crippen LogP contribution in [-0.2, 0) is 4.79 Å². The molecule has 5 rings (SSSR count). The topological polar surface area (TPSA) is 103 Å². The van der Waals surface area contributed by atoms with Crippen molar-refractivity contribution in [3.8, 4) is 28.4 Å². The molecule has 1 aliphatic heterocycles. The zero-order chi connectivity index (χ0) is 24.5. The summed E-state index contributed by atoms with van der Waals surface area (Å²) in [5.41, 5.74) is 2.42. The van der Waals surface area contributed by atoms with E-state index in [1.54, 1.807) is 48.2 Å². The van der Waals surface area contributed by atoms with Gasteiger partial charge >= 0.3 is 0 Å². The summed E-state index contributed by atoms with van der Waals surface area (Å²) in [5, 5.41) is 18.0. The number of aromatic amines is 1. The number of thioether (sulfide) groups is 1. The summed E-state index contributed by atoms with van der Waals surface area (Å²) in [7, 11) is 0. The molecule has 4 N–H and O–H groups in total. The molecule has 1 fully saturated rings. The zero-order valence-electron chi connectivity index (χ0n) is 18.7. The Morgan fingerprint density at radius 2 is 1.89 bits per heavy atom. The van der Waals surface area contributed by atoms with E-state index in [1.807, 2.05) is 30.3 Å². The third-order valence-corrected chi connectivity index (χ3v) is 7.16. The molecule has 0 bridgehead atoms. The molecule has 178 valence electrons. The largest absolute Gasteiger partial charge is 0.504 e. The zero-order valence-corrected chi connectivity index (χ0v) is 20.2. The summed E-state index contributed by atoms with van der Waals surface area (Å²) in [5.74, 6) is 0.784. The highest BCUT2D eigenvalue weighted by atomic mass is 35.5. The van der Waals surface area contributed by atoms with E-state index >= 15 is 0 Å². The maximum Gasteiger partial charge on any atom is 0.295 e. The van der Waals surface area contributed by atoms with Crippen molar-refractivity contribution in [1.82, 2.24) is 15.6 Å². The van der Waals surface area contributed by atoms with Crippen molar-refractivity contribution in [3.63, 3.8) is 0 Å². The van der Waals surface area contributed by atoms with Crippen LogP contribution < -0.4 is 20.9 Å². The van der Waals surface area contributed by atoms with E-state index in [1.165, 1.54) is 6.92 Å². The molecular formula is C26H22ClN3O4S. The fourth-order valence-electron chi connectivity index (χ4n) is 4.03. The number of nitrogens with one attached hydrogen (secondary N) is 3. The number of H-pyrrole nitrogens is 1. The Morgan fingerprint density at radius 1 is 1.14 bits per heavy atom. The third-order valence-electron chi connectivity index (χ3n) is 5.74. The molecule has 2 unspecified atom stereocenters. The number of halogens is 1. The first-order chi connectivity index (χ1) is 16.9. The Labute approximate surface area is 210 Å². The highest BCUT2D eigenvalue weighted by Crippen LogP contribution is 2.39. The second-order valence-electron chi connectivity index (χ2n) is 8.18. The summed E-state index contributed by atoms with van der Waals surface area (Å²) >= 11 is 8.21. The first kappa shape index (κ1) is 23.3. The second-order valence-corrected chi connectivity index (χ2v) is 9.73. The lowest BCUT2D eigenvalue weighted by Crippen LogP contribution is -2.39. The van der Waals surface area contributed by atoms with Gasteiger partial charge in [0.1, 0.15) is 11.2 Å². The van der Waals surface area contributed by atoms with Gasteiger partial charge < -0.3 is 20.1 Å². The Hall–Kier alpha value is -3.46. The quantitative estimate of drug-likeness (QED) is 0.298. The van der Waals surface area contributed by atoms with Crippen LogP contribution in [0.15, 0.2) is 71.5 Å². The number of amides is 1. The van der Waals surface area contributed by atoms with E-state index in [4.69, 9.17) is 16.3 Å². The summed E-state index contributed by atoms with van der Waals surface area (Å²) in [6.07, 6.45) is 0. The molecule has 0 radical (unpaired) electrons. The number of benzene rings is 3. The van der Waals surface area contributed by atoms with Gasteiger partial charge in [-0.2, -0.15) is 0 Å². The van der Waals surface area contributed by atoms with Crippen LogP contribution in [0.5, 0.6) is 17.2 Å². The molecular weight excluding hydrogens is 486 g/mol. The highest BCUT2D eigenvalue weighted by molar-refractivity contribution is 8.00. The Morgan fingerprint density at radius 3 is 2.60 bits per heavy atom. The summed E-state index contributed by atoms with van der Waals surface area (Å²) < 4.78 is 5.67. The molecule has 9 heteroatoms. The van der Waals surface area contributed by atoms with E-state index in [0.717, 1.165) is 16.9 Å². The normalized spacial score (nSPS) is 17.4. The Balaban J connectivity index is 1.46. The van der Waals surface area contributed by atoms with Gasteiger partial charge in [0.15, 0.2) is 5.75 Å². The number of rotatable bonds is 5. The van der Waals surface area contributed by atoms with E-state index in [9.17, 15) is 14.7 Å². The number of pyridine rings is 1. The molecule has 0 saturated carbocycles. The molecule has 3 aromatic carbocycles. The van der Waals surface area contributed by atoms with E-state index in [-0.39, 0.29) is 28.9 Å². The second kappa shape index (κ2) is 9.65. The molecule has 0 spiro atoms. The van der Waals surface area contributed by atoms with Crippen LogP contribution in [0.4, 0.5) is 0 Å². The Kier molecular flexibility index (Phi) is 6.42. The molecule has 4 aromatic rings. The van der Waals surface area contributed by atoms with Crippen molar-refractivity contribution in [2.24, 2.45) is 0 Å². The van der Waals surface area contributed by atoms with Crippen molar-refractivity contribution in [1.29, 1.82) is 0 Å². The van der Waals surface area contributed by atoms with Gasteiger partial charge in [-0.05, 0) is 35.4 Å². The number of aromatic nitrogens is 1. The van der Waals surface area contributed by atoms with Crippen molar-refractivity contribution >= 4 is 40.2 Å². The van der Waals surface area contributed by atoms with Gasteiger partial charge in [0.25, 0.3) is 5.56 Å². The van der Waals surface area contributed by atoms with Crippen LogP contribution in [0.1, 0.15) is 18.5 Å². The van der Waals surface area contributed by atoms with E-state index in [0.29, 0.717) is 27.2 Å². The molecule has 35 heavy (non-hydrogen) atoms. The van der Waals surface area contributed by atoms with Crippen LogP contribution in [0.3, 0.4) is 0 Å². The standard InChI is InChI=1S/C26H22ClN3O4S/c1-14(31)28-26-30-22(13-35-26)16-9-7-15(8-10-16)18-11-19-21(12-20(18)27)29-25(33)24(23(19)32)34-17-5-3-2-4-6-17/h2-12,22,26,30H,13H2,1H3,(H,28,31)(H2,29,32,33). The average molecular weight is 508 g/mol. The lowest BCUT2D eigenvalue weighted by Gasteiger charge is -2.15. The minimum Gasteiger partial charge on any atom is -0.504 e. The van der Waals surface area contributed by atoms with Crippen LogP contribution in [-0.4, -0.2) is 27.2 Å². The van der Waals surface area contributed by atoms with Gasteiger partial charge in [0.2, 0.25) is 11.7 Å². The predicted molar refractivity (Wildman–Crippen MR) is 139 cm³/mol. The van der Waals surface area contributed by atoms with Gasteiger partial charge in [-0.25, -0.2) is 0 Å². The number of fused-ring (bicyclic) bond motifs is 1. The van der Waals surface area contributed by atoms with Crippen LogP contribution in [0.2, 0.25) is 5.02 Å². The monoisotopic (exact) mass is 507 g/mol. The van der Waals surface area contributed by atoms with Crippen molar-refractivity contribution in [3.05, 3.63) is 87.7 Å². The van der Waals surface area contributed by atoms with E-state index < -0.39 is 5.56 Å². The number of ether oxygens (including phenoxy) is 1. The molecule has 0 aliphatic carbocycles. The maximum absolute atomic E-state index is 12.6. The molecule has 1 saturated heterocycles. The smallest absolute Gasteiger partial charge is 0.295 e. The van der Waals surface area contributed by atoms with Crippen molar-refractivity contribution in [2.75, 3.05) is 5.75 Å². The minimum atomic E-state index is -0.550. The van der Waals surface area contributed by atoms with Gasteiger partial charge in [-0.15, -0.1) is 11.8 Å². The SMILES string of the molecule is CC(=O)NC1NC(c2ccc(-c3cc4c(O)c(Oc5ccccc5)c(=O)[nH]c4cc3Cl)cc2)CS1. The van der Waals surface area contributed by atoms with Gasteiger partial charge in [-0.3, -0.25) is 14.9 Å². The van der Waals surface area contributed by atoms with Gasteiger partial charge in [0.05, 0.1) is 10.5 Å². The van der Waals surface area contributed by atoms with Crippen molar-refractivity contribution < 1.29 is 14.6 Å². The number of aromatic hydroxyl groups is 1. The molecule has 2 atom stereocenters. The fourth-order valence-corrected chi connectivity index (χ4v) is 5.49. The number of para-hydroxylation sites is 1. The van der Waals surface area contributed by atoms with Crippen LogP contribution >= 0.6 is 23.4 Å². The number of carbonyl (C=O) groups excluding carboxylic acids is 1. The predicted octanol–water partition coefficient (Wildman–Crippen LogP) is 5.14. The number of hydrogen-bond acceptors (Lipinski definition) is 6. The summed E-state index contributed by atoms with van der Waals surface area (Å²) in [4.78, 5) is 26.6. The number of hydrogen-bond donors (Lipinski definition) is 4. The Bertz CT molecular complexity index is 1460. The molecule has 2 heterocycles. The van der Waals surface area contributed by atoms with Crippen LogP contribution in [0.25, 0.3) is 22.0 Å². The summed E-state index contributed by atoms with van der Waals surface area (Å²) in [6, 6.07) is 20.2. The lowest BCUT2D eigenvalue weighted by atomic mass is 9.99. The first-order valence-electron chi connectivity index (χ1n) is 11.0. The minimum absolute atomic E-state index is 0.0705. The maximum atomic E-state index is 12.6.